The van der Waals surface area contributed by atoms with Gasteiger partial charge in [-0.25, -0.2) is 4.98 Å². The highest BCUT2D eigenvalue weighted by atomic mass is 16.3. The van der Waals surface area contributed by atoms with Crippen LogP contribution < -0.4 is 0 Å². The van der Waals surface area contributed by atoms with Gasteiger partial charge in [-0.05, 0) is 62.4 Å². The predicted octanol–water partition coefficient (Wildman–Crippen LogP) is 2.98. The van der Waals surface area contributed by atoms with E-state index in [2.05, 4.69) is 41.9 Å². The first-order valence-corrected chi connectivity index (χ1v) is 8.48. The molecule has 1 aliphatic rings. The Morgan fingerprint density at radius 3 is 2.57 bits per heavy atom. The summed E-state index contributed by atoms with van der Waals surface area (Å²) in [5, 5.41) is 10.6. The number of aliphatic hydroxyl groups is 1. The van der Waals surface area contributed by atoms with Crippen LogP contribution in [0.15, 0.2) is 30.6 Å². The van der Waals surface area contributed by atoms with Crippen molar-refractivity contribution in [2.45, 2.75) is 39.3 Å². The zero-order valence-corrected chi connectivity index (χ0v) is 14.4. The van der Waals surface area contributed by atoms with Gasteiger partial charge >= 0.3 is 0 Å². The zero-order chi connectivity index (χ0) is 16.4. The lowest BCUT2D eigenvalue weighted by molar-refractivity contribution is 0.0492. The number of likely N-dealkylation sites (tertiary alicyclic amines) is 1. The van der Waals surface area contributed by atoms with E-state index in [0.29, 0.717) is 5.92 Å². The highest BCUT2D eigenvalue weighted by Crippen LogP contribution is 2.30. The summed E-state index contributed by atoms with van der Waals surface area (Å²) in [4.78, 5) is 6.79. The predicted molar refractivity (Wildman–Crippen MR) is 92.1 cm³/mol. The third kappa shape index (κ3) is 3.65. The highest BCUT2D eigenvalue weighted by Gasteiger charge is 2.28. The fourth-order valence-corrected chi connectivity index (χ4v) is 3.46. The normalized spacial score (nSPS) is 18.3. The SMILES string of the molecule is Cc1ccc(CN2CCC([C@H](O)c3nccn3C)CC2)cc1C. The summed E-state index contributed by atoms with van der Waals surface area (Å²) in [7, 11) is 1.94. The standard InChI is InChI=1S/C19H27N3O/c1-14-4-5-16(12-15(14)2)13-22-9-6-17(7-10-22)18(23)19-20-8-11-21(19)3/h4-5,8,11-12,17-18,23H,6-7,9-10,13H2,1-3H3/t18-/m0/s1. The molecule has 2 heterocycles. The van der Waals surface area contributed by atoms with E-state index in [1.807, 2.05) is 17.8 Å². The summed E-state index contributed by atoms with van der Waals surface area (Å²) >= 11 is 0. The van der Waals surface area contributed by atoms with Gasteiger partial charge < -0.3 is 9.67 Å². The lowest BCUT2D eigenvalue weighted by Crippen LogP contribution is -2.35. The number of aromatic nitrogens is 2. The van der Waals surface area contributed by atoms with Crippen molar-refractivity contribution in [2.75, 3.05) is 13.1 Å². The minimum Gasteiger partial charge on any atom is -0.385 e. The molecule has 1 aliphatic heterocycles. The summed E-state index contributed by atoms with van der Waals surface area (Å²) in [5.74, 6) is 1.10. The molecule has 1 atom stereocenters. The summed E-state index contributed by atoms with van der Waals surface area (Å²) in [6.45, 7) is 7.42. The third-order valence-electron chi connectivity index (χ3n) is 5.18. The van der Waals surface area contributed by atoms with Crippen molar-refractivity contribution in [1.29, 1.82) is 0 Å². The van der Waals surface area contributed by atoms with E-state index in [-0.39, 0.29) is 0 Å². The van der Waals surface area contributed by atoms with Crippen molar-refractivity contribution in [3.05, 3.63) is 53.1 Å². The molecule has 4 heteroatoms. The van der Waals surface area contributed by atoms with E-state index in [4.69, 9.17) is 0 Å². The molecule has 0 amide bonds. The fourth-order valence-electron chi connectivity index (χ4n) is 3.46. The molecule has 0 radical (unpaired) electrons. The van der Waals surface area contributed by atoms with Gasteiger partial charge in [0.1, 0.15) is 11.9 Å². The summed E-state index contributed by atoms with van der Waals surface area (Å²) in [5.41, 5.74) is 4.10. The number of piperidine rings is 1. The van der Waals surface area contributed by atoms with Crippen molar-refractivity contribution in [3.63, 3.8) is 0 Å². The molecule has 1 aromatic carbocycles. The molecular weight excluding hydrogens is 286 g/mol. The molecular formula is C19H27N3O. The van der Waals surface area contributed by atoms with Crippen molar-refractivity contribution >= 4 is 0 Å². The van der Waals surface area contributed by atoms with Crippen LogP contribution in [0.3, 0.4) is 0 Å². The number of aryl methyl sites for hydroxylation is 3. The number of nitrogens with zero attached hydrogens (tertiary/aromatic N) is 3. The van der Waals surface area contributed by atoms with Gasteiger partial charge in [0.25, 0.3) is 0 Å². The van der Waals surface area contributed by atoms with Crippen LogP contribution in [-0.2, 0) is 13.6 Å². The van der Waals surface area contributed by atoms with Gasteiger partial charge in [-0.3, -0.25) is 4.90 Å². The molecule has 0 spiro atoms. The molecule has 1 saturated heterocycles. The van der Waals surface area contributed by atoms with Gasteiger partial charge in [-0.15, -0.1) is 0 Å². The van der Waals surface area contributed by atoms with E-state index in [1.54, 1.807) is 6.20 Å². The first kappa shape index (κ1) is 16.2. The third-order valence-corrected chi connectivity index (χ3v) is 5.18. The van der Waals surface area contributed by atoms with E-state index < -0.39 is 6.10 Å². The smallest absolute Gasteiger partial charge is 0.137 e. The second kappa shape index (κ2) is 6.85. The van der Waals surface area contributed by atoms with Crippen molar-refractivity contribution in [2.24, 2.45) is 13.0 Å². The average Bonchev–Trinajstić information content (AvgIpc) is 2.97. The largest absolute Gasteiger partial charge is 0.385 e. The second-order valence-electron chi connectivity index (χ2n) is 6.87. The Hall–Kier alpha value is -1.65. The van der Waals surface area contributed by atoms with Crippen molar-refractivity contribution in [3.8, 4) is 0 Å². The lowest BCUT2D eigenvalue weighted by atomic mass is 9.90. The molecule has 124 valence electrons. The van der Waals surface area contributed by atoms with Gasteiger partial charge in [0.05, 0.1) is 0 Å². The Kier molecular flexibility index (Phi) is 4.83. The zero-order valence-electron chi connectivity index (χ0n) is 14.4. The molecule has 0 bridgehead atoms. The summed E-state index contributed by atoms with van der Waals surface area (Å²) in [6.07, 6.45) is 5.26. The highest BCUT2D eigenvalue weighted by molar-refractivity contribution is 5.29. The molecule has 4 nitrogen and oxygen atoms in total. The molecule has 3 rings (SSSR count). The summed E-state index contributed by atoms with van der Waals surface area (Å²) in [6, 6.07) is 6.74. The van der Waals surface area contributed by atoms with Crippen LogP contribution in [0.25, 0.3) is 0 Å². The maximum atomic E-state index is 10.6. The van der Waals surface area contributed by atoms with Crippen LogP contribution in [-0.4, -0.2) is 32.6 Å². The number of hydrogen-bond donors (Lipinski definition) is 1. The Labute approximate surface area is 138 Å². The summed E-state index contributed by atoms with van der Waals surface area (Å²) < 4.78 is 1.92. The van der Waals surface area contributed by atoms with E-state index in [0.717, 1.165) is 38.3 Å². The monoisotopic (exact) mass is 313 g/mol. The van der Waals surface area contributed by atoms with Crippen LogP contribution in [0, 0.1) is 19.8 Å². The molecule has 2 aromatic rings. The fraction of sp³-hybridized carbons (Fsp3) is 0.526. The van der Waals surface area contributed by atoms with E-state index in [1.165, 1.54) is 16.7 Å². The quantitative estimate of drug-likeness (QED) is 0.943. The van der Waals surface area contributed by atoms with Gasteiger partial charge in [-0.2, -0.15) is 0 Å². The van der Waals surface area contributed by atoms with Gasteiger partial charge in [0.15, 0.2) is 0 Å². The lowest BCUT2D eigenvalue weighted by Gasteiger charge is -2.34. The Bertz CT molecular complexity index is 656. The average molecular weight is 313 g/mol. The second-order valence-corrected chi connectivity index (χ2v) is 6.87. The van der Waals surface area contributed by atoms with Crippen LogP contribution in [0.2, 0.25) is 0 Å². The maximum Gasteiger partial charge on any atom is 0.137 e. The molecule has 0 unspecified atom stereocenters. The van der Waals surface area contributed by atoms with Gasteiger partial charge in [0.2, 0.25) is 0 Å². The molecule has 0 aliphatic carbocycles. The molecule has 23 heavy (non-hydrogen) atoms. The maximum absolute atomic E-state index is 10.6. The molecule has 1 aromatic heterocycles. The topological polar surface area (TPSA) is 41.3 Å². The van der Waals surface area contributed by atoms with E-state index in [9.17, 15) is 5.11 Å². The Morgan fingerprint density at radius 2 is 1.96 bits per heavy atom. The minimum atomic E-state index is -0.446. The van der Waals surface area contributed by atoms with Crippen LogP contribution in [0.4, 0.5) is 0 Å². The molecule has 0 saturated carbocycles. The van der Waals surface area contributed by atoms with E-state index >= 15 is 0 Å². The van der Waals surface area contributed by atoms with Crippen LogP contribution >= 0.6 is 0 Å². The first-order chi connectivity index (χ1) is 11.0. The minimum absolute atomic E-state index is 0.312. The van der Waals surface area contributed by atoms with Crippen molar-refractivity contribution in [1.82, 2.24) is 14.5 Å². The van der Waals surface area contributed by atoms with Crippen molar-refractivity contribution < 1.29 is 5.11 Å². The Balaban J connectivity index is 1.56. The molecule has 1 fully saturated rings. The number of hydrogen-bond acceptors (Lipinski definition) is 3. The number of rotatable bonds is 4. The Morgan fingerprint density at radius 1 is 1.22 bits per heavy atom. The number of aliphatic hydroxyl groups excluding tert-OH is 1. The first-order valence-electron chi connectivity index (χ1n) is 8.48. The van der Waals surface area contributed by atoms with Gasteiger partial charge in [0, 0.05) is 26.0 Å². The molecule has 1 N–H and O–H groups in total. The number of benzene rings is 1. The van der Waals surface area contributed by atoms with Crippen LogP contribution in [0.5, 0.6) is 0 Å². The van der Waals surface area contributed by atoms with Crippen LogP contribution in [0.1, 0.15) is 41.5 Å². The van der Waals surface area contributed by atoms with Gasteiger partial charge in [-0.1, -0.05) is 18.2 Å². The number of imidazole rings is 1.